The van der Waals surface area contributed by atoms with Crippen molar-refractivity contribution in [3.63, 3.8) is 0 Å². The van der Waals surface area contributed by atoms with Crippen LogP contribution in [0.25, 0.3) is 0 Å². The van der Waals surface area contributed by atoms with E-state index in [1.165, 1.54) is 0 Å². The van der Waals surface area contributed by atoms with Crippen LogP contribution >= 0.6 is 0 Å². The minimum Gasteiger partial charge on any atom is -0.478 e. The van der Waals surface area contributed by atoms with Gasteiger partial charge < -0.3 is 10.0 Å². The second-order valence-corrected chi connectivity index (χ2v) is 4.93. The Kier molecular flexibility index (Phi) is 3.28. The molecule has 0 atom stereocenters. The van der Waals surface area contributed by atoms with Crippen LogP contribution in [0.15, 0.2) is 36.5 Å². The van der Waals surface area contributed by atoms with E-state index in [0.29, 0.717) is 24.2 Å². The van der Waals surface area contributed by atoms with Crippen LogP contribution in [-0.2, 0) is 13.0 Å². The van der Waals surface area contributed by atoms with E-state index in [0.717, 1.165) is 23.4 Å². The monoisotopic (exact) mass is 279 g/mol. The fourth-order valence-electron chi connectivity index (χ4n) is 2.67. The molecule has 5 heteroatoms. The number of carboxylic acid groups (broad SMARTS) is 1. The first-order valence-electron chi connectivity index (χ1n) is 6.64. The molecule has 21 heavy (non-hydrogen) atoms. The minimum atomic E-state index is -0.875. The average molecular weight is 279 g/mol. The minimum absolute atomic E-state index is 0.393. The molecule has 0 aliphatic carbocycles. The molecule has 2 heterocycles. The zero-order valence-electron chi connectivity index (χ0n) is 11.3. The van der Waals surface area contributed by atoms with Crippen LogP contribution in [0.4, 0.5) is 5.69 Å². The van der Waals surface area contributed by atoms with Crippen LogP contribution in [0.5, 0.6) is 0 Å². The van der Waals surface area contributed by atoms with Crippen molar-refractivity contribution in [1.82, 2.24) is 4.98 Å². The smallest absolute Gasteiger partial charge is 0.335 e. The zero-order chi connectivity index (χ0) is 14.8. The lowest BCUT2D eigenvalue weighted by Gasteiger charge is -2.31. The Balaban J connectivity index is 1.89. The number of pyridine rings is 1. The summed E-state index contributed by atoms with van der Waals surface area (Å²) >= 11 is 0. The van der Waals surface area contributed by atoms with E-state index in [1.54, 1.807) is 24.4 Å². The van der Waals surface area contributed by atoms with Gasteiger partial charge in [-0.05, 0) is 35.7 Å². The molecule has 1 aliphatic rings. The normalized spacial score (nSPS) is 13.4. The lowest BCUT2D eigenvalue weighted by Crippen LogP contribution is -2.31. The van der Waals surface area contributed by atoms with Crippen molar-refractivity contribution >= 4 is 11.7 Å². The molecule has 2 aromatic rings. The zero-order valence-corrected chi connectivity index (χ0v) is 11.3. The number of hydrogen-bond acceptors (Lipinski definition) is 4. The van der Waals surface area contributed by atoms with Gasteiger partial charge in [0.1, 0.15) is 11.8 Å². The summed E-state index contributed by atoms with van der Waals surface area (Å²) in [6, 6.07) is 11.0. The first-order valence-corrected chi connectivity index (χ1v) is 6.64. The lowest BCUT2D eigenvalue weighted by molar-refractivity contribution is 0.0695. The topological polar surface area (TPSA) is 77.2 Å². The SMILES string of the molecule is N#Cc1ccc(N2CCc3c(cccc3C(=O)O)C2)cn1. The molecule has 1 aliphatic heterocycles. The van der Waals surface area contributed by atoms with Crippen LogP contribution in [0.3, 0.4) is 0 Å². The standard InChI is InChI=1S/C16H13N3O2/c17-8-12-4-5-13(9-18-12)19-7-6-14-11(10-19)2-1-3-15(14)16(20)21/h1-5,9H,6-7,10H2,(H,20,21). The van der Waals surface area contributed by atoms with Gasteiger partial charge in [-0.25, -0.2) is 9.78 Å². The van der Waals surface area contributed by atoms with Gasteiger partial charge in [-0.2, -0.15) is 5.26 Å². The number of anilines is 1. The Bertz CT molecular complexity index is 732. The van der Waals surface area contributed by atoms with Crippen molar-refractivity contribution in [3.05, 3.63) is 58.9 Å². The quantitative estimate of drug-likeness (QED) is 0.912. The Hall–Kier alpha value is -2.87. The van der Waals surface area contributed by atoms with Crippen LogP contribution in [0.2, 0.25) is 0 Å². The number of aromatic carboxylic acids is 1. The van der Waals surface area contributed by atoms with Crippen LogP contribution in [0.1, 0.15) is 27.2 Å². The summed E-state index contributed by atoms with van der Waals surface area (Å²) in [6.45, 7) is 1.40. The van der Waals surface area contributed by atoms with Gasteiger partial charge in [0, 0.05) is 13.1 Å². The molecule has 3 rings (SSSR count). The molecule has 0 fully saturated rings. The largest absolute Gasteiger partial charge is 0.478 e. The molecule has 0 spiro atoms. The van der Waals surface area contributed by atoms with Gasteiger partial charge in [0.05, 0.1) is 17.4 Å². The molecule has 1 N–H and O–H groups in total. The molecule has 0 radical (unpaired) electrons. The highest BCUT2D eigenvalue weighted by Crippen LogP contribution is 2.26. The maximum atomic E-state index is 11.2. The predicted octanol–water partition coefficient (Wildman–Crippen LogP) is 2.21. The van der Waals surface area contributed by atoms with Gasteiger partial charge in [-0.15, -0.1) is 0 Å². The number of hydrogen-bond donors (Lipinski definition) is 1. The third-order valence-electron chi connectivity index (χ3n) is 3.72. The Labute approximate surface area is 122 Å². The molecular weight excluding hydrogens is 266 g/mol. The lowest BCUT2D eigenvalue weighted by atomic mass is 9.94. The van der Waals surface area contributed by atoms with E-state index >= 15 is 0 Å². The number of carboxylic acids is 1. The van der Waals surface area contributed by atoms with E-state index in [4.69, 9.17) is 5.26 Å². The third-order valence-corrected chi connectivity index (χ3v) is 3.72. The molecule has 1 aromatic heterocycles. The molecule has 1 aromatic carbocycles. The summed E-state index contributed by atoms with van der Waals surface area (Å²) in [5.41, 5.74) is 3.68. The van der Waals surface area contributed by atoms with Crippen molar-refractivity contribution in [2.24, 2.45) is 0 Å². The average Bonchev–Trinajstić information content (AvgIpc) is 2.53. The number of aromatic nitrogens is 1. The fourth-order valence-corrected chi connectivity index (χ4v) is 2.67. The number of rotatable bonds is 2. The fraction of sp³-hybridized carbons (Fsp3) is 0.188. The Morgan fingerprint density at radius 1 is 1.33 bits per heavy atom. The van der Waals surface area contributed by atoms with Gasteiger partial charge in [0.25, 0.3) is 0 Å². The number of benzene rings is 1. The van der Waals surface area contributed by atoms with Crippen LogP contribution in [-0.4, -0.2) is 22.6 Å². The van der Waals surface area contributed by atoms with E-state index < -0.39 is 5.97 Å². The molecular formula is C16H13N3O2. The highest BCUT2D eigenvalue weighted by atomic mass is 16.4. The van der Waals surface area contributed by atoms with E-state index in [-0.39, 0.29) is 0 Å². The molecule has 5 nitrogen and oxygen atoms in total. The third kappa shape index (κ3) is 2.43. The Morgan fingerprint density at radius 3 is 2.86 bits per heavy atom. The van der Waals surface area contributed by atoms with Crippen molar-refractivity contribution in [2.75, 3.05) is 11.4 Å². The highest BCUT2D eigenvalue weighted by Gasteiger charge is 2.21. The number of nitrogens with zero attached hydrogens (tertiary/aromatic N) is 3. The summed E-state index contributed by atoms with van der Waals surface area (Å²) in [5.74, 6) is -0.875. The summed E-state index contributed by atoms with van der Waals surface area (Å²) in [7, 11) is 0. The van der Waals surface area contributed by atoms with Gasteiger partial charge in [0.15, 0.2) is 0 Å². The predicted molar refractivity (Wildman–Crippen MR) is 77.1 cm³/mol. The van der Waals surface area contributed by atoms with Crippen molar-refractivity contribution in [2.45, 2.75) is 13.0 Å². The molecule has 104 valence electrons. The maximum Gasteiger partial charge on any atom is 0.335 e. The summed E-state index contributed by atoms with van der Waals surface area (Å²) in [5, 5.41) is 18.0. The summed E-state index contributed by atoms with van der Waals surface area (Å²) in [4.78, 5) is 17.5. The first kappa shape index (κ1) is 13.1. The molecule has 0 saturated heterocycles. The summed E-state index contributed by atoms with van der Waals surface area (Å²) in [6.07, 6.45) is 2.38. The van der Waals surface area contributed by atoms with Crippen LogP contribution < -0.4 is 4.90 Å². The second kappa shape index (κ2) is 5.25. The van der Waals surface area contributed by atoms with Gasteiger partial charge in [-0.3, -0.25) is 0 Å². The molecule has 0 saturated carbocycles. The summed E-state index contributed by atoms with van der Waals surface area (Å²) < 4.78 is 0. The van der Waals surface area contributed by atoms with Gasteiger partial charge in [0.2, 0.25) is 0 Å². The first-order chi connectivity index (χ1) is 10.2. The van der Waals surface area contributed by atoms with Gasteiger partial charge in [-0.1, -0.05) is 12.1 Å². The maximum absolute atomic E-state index is 11.2. The molecule has 0 bridgehead atoms. The number of carbonyl (C=O) groups is 1. The van der Waals surface area contributed by atoms with Crippen molar-refractivity contribution < 1.29 is 9.90 Å². The van der Waals surface area contributed by atoms with Crippen molar-refractivity contribution in [1.29, 1.82) is 5.26 Å². The van der Waals surface area contributed by atoms with Gasteiger partial charge >= 0.3 is 5.97 Å². The van der Waals surface area contributed by atoms with E-state index in [9.17, 15) is 9.90 Å². The second-order valence-electron chi connectivity index (χ2n) is 4.93. The molecule has 0 unspecified atom stereocenters. The van der Waals surface area contributed by atoms with Crippen molar-refractivity contribution in [3.8, 4) is 6.07 Å². The number of nitriles is 1. The number of fused-ring (bicyclic) bond motifs is 1. The van der Waals surface area contributed by atoms with E-state index in [1.807, 2.05) is 18.2 Å². The van der Waals surface area contributed by atoms with E-state index in [2.05, 4.69) is 9.88 Å². The van der Waals surface area contributed by atoms with Crippen LogP contribution in [0, 0.1) is 11.3 Å². The Morgan fingerprint density at radius 2 is 2.19 bits per heavy atom. The molecule has 0 amide bonds. The highest BCUT2D eigenvalue weighted by molar-refractivity contribution is 5.90.